The minimum Gasteiger partial charge on any atom is -0.378 e. The molecular formula is C20H17N. The van der Waals surface area contributed by atoms with E-state index in [1.807, 2.05) is 0 Å². The van der Waals surface area contributed by atoms with Crippen LogP contribution >= 0.6 is 0 Å². The van der Waals surface area contributed by atoms with Crippen molar-refractivity contribution in [3.8, 4) is 33.4 Å². The molecule has 0 saturated carbocycles. The molecule has 4 rings (SSSR count). The molecule has 1 aliphatic rings. The first kappa shape index (κ1) is 12.2. The zero-order chi connectivity index (χ0) is 14.4. The van der Waals surface area contributed by atoms with Crippen molar-refractivity contribution >= 4 is 5.69 Å². The molecule has 0 amide bonds. The lowest BCUT2D eigenvalue weighted by Gasteiger charge is -2.27. The van der Waals surface area contributed by atoms with Crippen LogP contribution in [0.3, 0.4) is 0 Å². The highest BCUT2D eigenvalue weighted by Gasteiger charge is 2.24. The van der Waals surface area contributed by atoms with Crippen LogP contribution in [0.4, 0.5) is 5.69 Å². The van der Waals surface area contributed by atoms with Crippen molar-refractivity contribution in [1.82, 2.24) is 0 Å². The summed E-state index contributed by atoms with van der Waals surface area (Å²) in [5, 5.41) is 0. The van der Waals surface area contributed by atoms with Gasteiger partial charge in [0, 0.05) is 19.8 Å². The third kappa shape index (κ3) is 1.78. The van der Waals surface area contributed by atoms with Gasteiger partial charge in [-0.15, -0.1) is 0 Å². The third-order valence-electron chi connectivity index (χ3n) is 4.25. The number of hydrogen-bond acceptors (Lipinski definition) is 1. The first-order chi connectivity index (χ1) is 10.3. The van der Waals surface area contributed by atoms with Crippen molar-refractivity contribution in [3.05, 3.63) is 66.7 Å². The van der Waals surface area contributed by atoms with Crippen LogP contribution < -0.4 is 4.90 Å². The second-order valence-electron chi connectivity index (χ2n) is 5.72. The lowest BCUT2D eigenvalue weighted by Crippen LogP contribution is -2.08. The molecular weight excluding hydrogens is 254 g/mol. The molecule has 0 unspecified atom stereocenters. The molecule has 1 aliphatic carbocycles. The SMILES string of the molecule is CN(C)c1ccc(-c2cccc3c2-c2ccccc2-3)cc1. The minimum atomic E-state index is 1.23. The van der Waals surface area contributed by atoms with Crippen LogP contribution in [-0.4, -0.2) is 14.1 Å². The van der Waals surface area contributed by atoms with Crippen molar-refractivity contribution in [3.63, 3.8) is 0 Å². The smallest absolute Gasteiger partial charge is 0.0361 e. The van der Waals surface area contributed by atoms with E-state index >= 15 is 0 Å². The molecule has 0 spiro atoms. The Morgan fingerprint density at radius 2 is 1.19 bits per heavy atom. The van der Waals surface area contributed by atoms with Crippen LogP contribution in [-0.2, 0) is 0 Å². The average Bonchev–Trinajstić information content (AvgIpc) is 2.52. The summed E-state index contributed by atoms with van der Waals surface area (Å²) in [6.45, 7) is 0. The predicted molar refractivity (Wildman–Crippen MR) is 90.6 cm³/mol. The molecule has 0 N–H and O–H groups in total. The maximum absolute atomic E-state index is 2.22. The summed E-state index contributed by atoms with van der Waals surface area (Å²) < 4.78 is 0. The van der Waals surface area contributed by atoms with Crippen LogP contribution in [0.1, 0.15) is 0 Å². The zero-order valence-electron chi connectivity index (χ0n) is 12.3. The summed E-state index contributed by atoms with van der Waals surface area (Å²) in [6, 6.07) is 24.0. The van der Waals surface area contributed by atoms with Gasteiger partial charge in [-0.1, -0.05) is 54.6 Å². The molecule has 1 heteroatoms. The Morgan fingerprint density at radius 1 is 0.571 bits per heavy atom. The summed E-state index contributed by atoms with van der Waals surface area (Å²) in [5.74, 6) is 0. The first-order valence-corrected chi connectivity index (χ1v) is 7.26. The second-order valence-corrected chi connectivity index (χ2v) is 5.72. The maximum Gasteiger partial charge on any atom is 0.0361 e. The molecule has 0 aromatic heterocycles. The molecule has 21 heavy (non-hydrogen) atoms. The molecule has 0 bridgehead atoms. The highest BCUT2D eigenvalue weighted by atomic mass is 15.1. The van der Waals surface area contributed by atoms with Crippen LogP contribution in [0.5, 0.6) is 0 Å². The van der Waals surface area contributed by atoms with Gasteiger partial charge >= 0.3 is 0 Å². The van der Waals surface area contributed by atoms with E-state index in [4.69, 9.17) is 0 Å². The summed E-state index contributed by atoms with van der Waals surface area (Å²) in [5.41, 5.74) is 9.36. The van der Waals surface area contributed by atoms with Gasteiger partial charge in [-0.05, 0) is 45.5 Å². The maximum atomic E-state index is 2.22. The van der Waals surface area contributed by atoms with Crippen molar-refractivity contribution in [1.29, 1.82) is 0 Å². The van der Waals surface area contributed by atoms with E-state index in [1.54, 1.807) is 0 Å². The summed E-state index contributed by atoms with van der Waals surface area (Å²) in [4.78, 5) is 2.13. The lowest BCUT2D eigenvalue weighted by molar-refractivity contribution is 1.13. The van der Waals surface area contributed by atoms with Gasteiger partial charge in [0.1, 0.15) is 0 Å². The van der Waals surface area contributed by atoms with Crippen molar-refractivity contribution in [2.45, 2.75) is 0 Å². The molecule has 0 heterocycles. The zero-order valence-corrected chi connectivity index (χ0v) is 12.3. The largest absolute Gasteiger partial charge is 0.378 e. The van der Waals surface area contributed by atoms with Gasteiger partial charge in [-0.3, -0.25) is 0 Å². The summed E-state index contributed by atoms with van der Waals surface area (Å²) in [6.07, 6.45) is 0. The Kier molecular flexibility index (Phi) is 2.61. The van der Waals surface area contributed by atoms with E-state index in [1.165, 1.54) is 39.1 Å². The number of fused-ring (bicyclic) bond motifs is 4. The summed E-state index contributed by atoms with van der Waals surface area (Å²) >= 11 is 0. The molecule has 102 valence electrons. The monoisotopic (exact) mass is 271 g/mol. The van der Waals surface area contributed by atoms with Crippen molar-refractivity contribution in [2.24, 2.45) is 0 Å². The summed E-state index contributed by atoms with van der Waals surface area (Å²) in [7, 11) is 4.14. The molecule has 0 aliphatic heterocycles. The number of anilines is 1. The van der Waals surface area contributed by atoms with Gasteiger partial charge in [0.15, 0.2) is 0 Å². The van der Waals surface area contributed by atoms with Crippen LogP contribution in [0.2, 0.25) is 0 Å². The van der Waals surface area contributed by atoms with E-state index in [0.29, 0.717) is 0 Å². The van der Waals surface area contributed by atoms with E-state index in [-0.39, 0.29) is 0 Å². The third-order valence-corrected chi connectivity index (χ3v) is 4.25. The van der Waals surface area contributed by atoms with Crippen molar-refractivity contribution in [2.75, 3.05) is 19.0 Å². The van der Waals surface area contributed by atoms with Gasteiger partial charge in [0.25, 0.3) is 0 Å². The Labute approximate surface area is 125 Å². The number of hydrogen-bond donors (Lipinski definition) is 0. The second kappa shape index (κ2) is 4.49. The highest BCUT2D eigenvalue weighted by molar-refractivity contribution is 6.08. The fourth-order valence-corrected chi connectivity index (χ4v) is 3.12. The topological polar surface area (TPSA) is 3.24 Å². The van der Waals surface area contributed by atoms with E-state index in [2.05, 4.69) is 85.7 Å². The Bertz CT molecular complexity index is 813. The van der Waals surface area contributed by atoms with Crippen LogP contribution in [0, 0.1) is 0 Å². The standard InChI is InChI=1S/C20H17N/c1-21(2)15-12-10-14(11-13-15)16-8-5-9-19-17-6-3-4-7-18(17)20(16)19/h3-13H,1-2H3. The molecule has 3 aromatic rings. The van der Waals surface area contributed by atoms with E-state index in [0.717, 1.165) is 0 Å². The Balaban J connectivity index is 1.83. The molecule has 0 atom stereocenters. The Morgan fingerprint density at radius 3 is 1.90 bits per heavy atom. The quantitative estimate of drug-likeness (QED) is 0.492. The fourth-order valence-electron chi connectivity index (χ4n) is 3.12. The molecule has 0 radical (unpaired) electrons. The number of benzene rings is 3. The first-order valence-electron chi connectivity index (χ1n) is 7.26. The van der Waals surface area contributed by atoms with Crippen LogP contribution in [0.25, 0.3) is 33.4 Å². The van der Waals surface area contributed by atoms with E-state index in [9.17, 15) is 0 Å². The fraction of sp³-hybridized carbons (Fsp3) is 0.100. The average molecular weight is 271 g/mol. The lowest BCUT2D eigenvalue weighted by atomic mass is 9.77. The van der Waals surface area contributed by atoms with Crippen molar-refractivity contribution < 1.29 is 0 Å². The van der Waals surface area contributed by atoms with E-state index < -0.39 is 0 Å². The molecule has 0 saturated heterocycles. The number of rotatable bonds is 2. The molecule has 3 aromatic carbocycles. The predicted octanol–water partition coefficient (Wildman–Crippen LogP) is 5.07. The van der Waals surface area contributed by atoms with Crippen LogP contribution in [0.15, 0.2) is 66.7 Å². The molecule has 1 nitrogen and oxygen atoms in total. The van der Waals surface area contributed by atoms with Gasteiger partial charge in [-0.2, -0.15) is 0 Å². The van der Waals surface area contributed by atoms with Gasteiger partial charge in [-0.25, -0.2) is 0 Å². The number of nitrogens with zero attached hydrogens (tertiary/aromatic N) is 1. The van der Waals surface area contributed by atoms with Gasteiger partial charge < -0.3 is 4.90 Å². The van der Waals surface area contributed by atoms with Gasteiger partial charge in [0.05, 0.1) is 0 Å². The minimum absolute atomic E-state index is 1.23. The normalized spacial score (nSPS) is 11.3. The highest BCUT2D eigenvalue weighted by Crippen LogP contribution is 2.51. The van der Waals surface area contributed by atoms with Gasteiger partial charge in [0.2, 0.25) is 0 Å². The Hall–Kier alpha value is -2.54. The molecule has 0 fully saturated rings.